The molecule has 1 heterocycles. The maximum atomic E-state index is 12.0. The topological polar surface area (TPSA) is 101 Å². The Labute approximate surface area is 160 Å². The van der Waals surface area contributed by atoms with Gasteiger partial charge in [-0.25, -0.2) is 4.79 Å². The summed E-state index contributed by atoms with van der Waals surface area (Å²) in [4.78, 5) is 35.7. The predicted molar refractivity (Wildman–Crippen MR) is 99.5 cm³/mol. The van der Waals surface area contributed by atoms with Gasteiger partial charge >= 0.3 is 6.09 Å². The molecule has 1 fully saturated rings. The fraction of sp³-hybridized carbons (Fsp3) is 0.588. The van der Waals surface area contributed by atoms with Crippen LogP contribution in [0.15, 0.2) is 21.5 Å². The number of ether oxygens (including phenoxy) is 1. The van der Waals surface area contributed by atoms with Crippen LogP contribution >= 0.6 is 15.9 Å². The van der Waals surface area contributed by atoms with Crippen molar-refractivity contribution in [2.45, 2.75) is 44.8 Å². The molecule has 0 atom stereocenters. The molecular formula is C17H24BrN3O5. The van der Waals surface area contributed by atoms with Gasteiger partial charge in [-0.3, -0.25) is 14.5 Å². The van der Waals surface area contributed by atoms with Gasteiger partial charge in [-0.1, -0.05) is 0 Å². The van der Waals surface area contributed by atoms with Gasteiger partial charge in [0, 0.05) is 31.9 Å². The van der Waals surface area contributed by atoms with Gasteiger partial charge in [-0.2, -0.15) is 0 Å². The van der Waals surface area contributed by atoms with Gasteiger partial charge < -0.3 is 19.7 Å². The van der Waals surface area contributed by atoms with E-state index < -0.39 is 6.09 Å². The van der Waals surface area contributed by atoms with Crippen molar-refractivity contribution >= 4 is 27.9 Å². The molecule has 1 aromatic rings. The van der Waals surface area contributed by atoms with Crippen molar-refractivity contribution in [2.75, 3.05) is 13.1 Å². The summed E-state index contributed by atoms with van der Waals surface area (Å²) in [7, 11) is 1.68. The summed E-state index contributed by atoms with van der Waals surface area (Å²) >= 11 is 3.40. The van der Waals surface area contributed by atoms with E-state index in [1.807, 2.05) is 0 Å². The van der Waals surface area contributed by atoms with Crippen LogP contribution in [0.3, 0.4) is 0 Å². The average molecular weight is 430 g/mol. The Balaban J connectivity index is 1.82. The molecule has 1 aliphatic carbocycles. The maximum Gasteiger partial charge on any atom is 0.407 e. The summed E-state index contributed by atoms with van der Waals surface area (Å²) in [5.41, 5.74) is -0.136. The van der Waals surface area contributed by atoms with Crippen molar-refractivity contribution in [3.05, 3.63) is 27.1 Å². The Hall–Kier alpha value is -2.03. The second-order valence-corrected chi connectivity index (χ2v) is 7.24. The molecule has 26 heavy (non-hydrogen) atoms. The summed E-state index contributed by atoms with van der Waals surface area (Å²) in [6, 6.07) is 1.48. The third kappa shape index (κ3) is 5.48. The Kier molecular flexibility index (Phi) is 7.07. The Morgan fingerprint density at radius 2 is 2.04 bits per heavy atom. The lowest BCUT2D eigenvalue weighted by Gasteiger charge is -2.30. The molecule has 0 aliphatic heterocycles. The van der Waals surface area contributed by atoms with Gasteiger partial charge in [-0.05, 0) is 48.5 Å². The lowest BCUT2D eigenvalue weighted by molar-refractivity contribution is -0.122. The monoisotopic (exact) mass is 429 g/mol. The number of nitrogens with zero attached hydrogens (tertiary/aromatic N) is 2. The predicted octanol–water partition coefficient (Wildman–Crippen LogP) is 1.95. The van der Waals surface area contributed by atoms with Gasteiger partial charge in [0.1, 0.15) is 12.3 Å². The van der Waals surface area contributed by atoms with Crippen molar-refractivity contribution in [3.8, 4) is 5.75 Å². The fourth-order valence-corrected chi connectivity index (χ4v) is 3.45. The SMILES string of the molecule is CCN(CC(=O)N[C@H]1CC[C@H](Oc2cc(=O)n(C)cc2Br)CC1)C(=O)O. The molecule has 2 N–H and O–H groups in total. The van der Waals surface area contributed by atoms with Crippen molar-refractivity contribution in [2.24, 2.45) is 7.05 Å². The number of carbonyl (C=O) groups excluding carboxylic acids is 1. The third-order valence-electron chi connectivity index (χ3n) is 4.46. The molecular weight excluding hydrogens is 406 g/mol. The first-order valence-electron chi connectivity index (χ1n) is 8.60. The normalized spacial score (nSPS) is 19.7. The summed E-state index contributed by atoms with van der Waals surface area (Å²) in [5.74, 6) is 0.244. The van der Waals surface area contributed by atoms with Gasteiger partial charge in [0.25, 0.3) is 5.56 Å². The molecule has 0 saturated heterocycles. The summed E-state index contributed by atoms with van der Waals surface area (Å²) < 4.78 is 8.13. The number of hydrogen-bond acceptors (Lipinski definition) is 4. The van der Waals surface area contributed by atoms with E-state index in [1.54, 1.807) is 20.2 Å². The average Bonchev–Trinajstić information content (AvgIpc) is 2.59. The maximum absolute atomic E-state index is 12.0. The molecule has 1 aromatic heterocycles. The molecule has 0 bridgehead atoms. The number of rotatable bonds is 6. The molecule has 0 radical (unpaired) electrons. The number of aromatic nitrogens is 1. The minimum absolute atomic E-state index is 0.0157. The van der Waals surface area contributed by atoms with Crippen LogP contribution in [0.4, 0.5) is 4.79 Å². The number of likely N-dealkylation sites (N-methyl/N-ethyl adjacent to an activating group) is 1. The van der Waals surface area contributed by atoms with E-state index in [-0.39, 0.29) is 36.7 Å². The zero-order valence-electron chi connectivity index (χ0n) is 14.9. The third-order valence-corrected chi connectivity index (χ3v) is 5.06. The zero-order valence-corrected chi connectivity index (χ0v) is 16.5. The standard InChI is InChI=1S/C17H24BrN3O5/c1-3-21(17(24)25)10-15(22)19-11-4-6-12(7-5-11)26-14-8-16(23)20(2)9-13(14)18/h8-9,11-12H,3-7,10H2,1-2H3,(H,19,22)(H,24,25)/t11-,12-. The van der Waals surface area contributed by atoms with Crippen LogP contribution in [-0.4, -0.2) is 51.8 Å². The smallest absolute Gasteiger partial charge is 0.407 e. The fourth-order valence-electron chi connectivity index (χ4n) is 2.94. The minimum atomic E-state index is -1.10. The van der Waals surface area contributed by atoms with Crippen LogP contribution < -0.4 is 15.6 Å². The number of amides is 2. The van der Waals surface area contributed by atoms with E-state index in [0.717, 1.165) is 35.1 Å². The van der Waals surface area contributed by atoms with Crippen LogP contribution in [0.2, 0.25) is 0 Å². The van der Waals surface area contributed by atoms with Crippen molar-refractivity contribution in [1.82, 2.24) is 14.8 Å². The van der Waals surface area contributed by atoms with Gasteiger partial charge in [0.15, 0.2) is 0 Å². The molecule has 1 aliphatic rings. The Morgan fingerprint density at radius 3 is 2.62 bits per heavy atom. The van der Waals surface area contributed by atoms with E-state index in [1.165, 1.54) is 10.6 Å². The van der Waals surface area contributed by atoms with Crippen molar-refractivity contribution in [1.29, 1.82) is 0 Å². The highest BCUT2D eigenvalue weighted by molar-refractivity contribution is 9.10. The summed E-state index contributed by atoms with van der Waals surface area (Å²) in [6.45, 7) is 1.82. The van der Waals surface area contributed by atoms with Crippen molar-refractivity contribution in [3.63, 3.8) is 0 Å². The van der Waals surface area contributed by atoms with E-state index in [4.69, 9.17) is 9.84 Å². The lowest BCUT2D eigenvalue weighted by atomic mass is 9.93. The highest BCUT2D eigenvalue weighted by Crippen LogP contribution is 2.28. The number of carboxylic acid groups (broad SMARTS) is 1. The Bertz CT molecular complexity index is 713. The van der Waals surface area contributed by atoms with Crippen LogP contribution in [0.1, 0.15) is 32.6 Å². The van der Waals surface area contributed by atoms with Crippen LogP contribution in [-0.2, 0) is 11.8 Å². The number of nitrogens with one attached hydrogen (secondary N) is 1. The molecule has 2 amide bonds. The van der Waals surface area contributed by atoms with Crippen LogP contribution in [0.5, 0.6) is 5.75 Å². The van der Waals surface area contributed by atoms with Gasteiger partial charge in [0.05, 0.1) is 10.6 Å². The zero-order chi connectivity index (χ0) is 19.3. The molecule has 2 rings (SSSR count). The molecule has 8 nitrogen and oxygen atoms in total. The second kappa shape index (κ2) is 9.07. The van der Waals surface area contributed by atoms with E-state index in [0.29, 0.717) is 5.75 Å². The molecule has 0 aromatic carbocycles. The number of hydrogen-bond donors (Lipinski definition) is 2. The lowest BCUT2D eigenvalue weighted by Crippen LogP contribution is -2.45. The first kappa shape index (κ1) is 20.3. The van der Waals surface area contributed by atoms with E-state index in [2.05, 4.69) is 21.2 Å². The number of aryl methyl sites for hydroxylation is 1. The first-order valence-corrected chi connectivity index (χ1v) is 9.39. The largest absolute Gasteiger partial charge is 0.489 e. The molecule has 1 saturated carbocycles. The molecule has 9 heteroatoms. The summed E-state index contributed by atoms with van der Waals surface area (Å²) in [6.07, 6.45) is 3.56. The molecule has 144 valence electrons. The minimum Gasteiger partial charge on any atom is -0.489 e. The van der Waals surface area contributed by atoms with Gasteiger partial charge in [-0.15, -0.1) is 0 Å². The molecule has 0 spiro atoms. The van der Waals surface area contributed by atoms with E-state index >= 15 is 0 Å². The second-order valence-electron chi connectivity index (χ2n) is 6.39. The first-order chi connectivity index (χ1) is 12.3. The van der Waals surface area contributed by atoms with E-state index in [9.17, 15) is 14.4 Å². The number of halogens is 1. The summed E-state index contributed by atoms with van der Waals surface area (Å²) in [5, 5.41) is 11.9. The number of carbonyl (C=O) groups is 2. The highest BCUT2D eigenvalue weighted by Gasteiger charge is 2.25. The highest BCUT2D eigenvalue weighted by atomic mass is 79.9. The van der Waals surface area contributed by atoms with Crippen LogP contribution in [0, 0.1) is 0 Å². The van der Waals surface area contributed by atoms with Crippen LogP contribution in [0.25, 0.3) is 0 Å². The van der Waals surface area contributed by atoms with Crippen molar-refractivity contribution < 1.29 is 19.4 Å². The molecule has 0 unspecified atom stereocenters. The Morgan fingerprint density at radius 1 is 1.38 bits per heavy atom. The number of pyridine rings is 1. The quantitative estimate of drug-likeness (QED) is 0.719. The van der Waals surface area contributed by atoms with Gasteiger partial charge in [0.2, 0.25) is 5.91 Å².